The fourth-order valence-electron chi connectivity index (χ4n) is 3.11. The summed E-state index contributed by atoms with van der Waals surface area (Å²) in [6.45, 7) is 5.76. The number of nitrogens with zero attached hydrogens (tertiary/aromatic N) is 3. The number of likely N-dealkylation sites (N-methyl/N-ethyl adjacent to an activating group) is 1. The zero-order valence-electron chi connectivity index (χ0n) is 16.2. The van der Waals surface area contributed by atoms with Crippen molar-refractivity contribution in [2.24, 2.45) is 4.99 Å². The highest BCUT2D eigenvalue weighted by Gasteiger charge is 2.24. The lowest BCUT2D eigenvalue weighted by molar-refractivity contribution is 0.161. The average Bonchev–Trinajstić information content (AvgIpc) is 3.11. The number of benzene rings is 1. The van der Waals surface area contributed by atoms with E-state index in [0.29, 0.717) is 6.04 Å². The first-order chi connectivity index (χ1) is 12.6. The molecular weight excluding hydrogens is 394 g/mol. The fraction of sp³-hybridized carbons (Fsp3) is 0.632. The van der Waals surface area contributed by atoms with E-state index in [-0.39, 0.29) is 0 Å². The Bertz CT molecular complexity index is 569. The lowest BCUT2D eigenvalue weighted by Crippen LogP contribution is -2.45. The summed E-state index contributed by atoms with van der Waals surface area (Å²) in [7, 11) is 5.70. The van der Waals surface area contributed by atoms with E-state index in [1.807, 2.05) is 7.05 Å². The van der Waals surface area contributed by atoms with E-state index < -0.39 is 0 Å². The van der Waals surface area contributed by atoms with Crippen LogP contribution in [0, 0.1) is 0 Å². The smallest absolute Gasteiger partial charge is 0.191 e. The number of hydrogen-bond acceptors (Lipinski definition) is 4. The Morgan fingerprint density at radius 3 is 2.92 bits per heavy atom. The molecule has 1 heterocycles. The second-order valence-corrected chi connectivity index (χ2v) is 7.53. The standard InChI is InChI=1S/C19H32BrN5O/c1-21-19(22-10-6-11-24(2)13-14-26-3)23-16-9-12-25(15-16)18-8-5-4-7-17(18)20/h4-5,7-8,16H,6,9-15H2,1-3H3,(H2,21,22,23). The predicted molar refractivity (Wildman–Crippen MR) is 113 cm³/mol. The monoisotopic (exact) mass is 425 g/mol. The van der Waals surface area contributed by atoms with E-state index >= 15 is 0 Å². The number of ether oxygens (including phenoxy) is 1. The number of guanidine groups is 1. The van der Waals surface area contributed by atoms with Gasteiger partial charge in [-0.1, -0.05) is 12.1 Å². The predicted octanol–water partition coefficient (Wildman–Crippen LogP) is 2.16. The molecule has 7 heteroatoms. The molecule has 6 nitrogen and oxygen atoms in total. The highest BCUT2D eigenvalue weighted by atomic mass is 79.9. The van der Waals surface area contributed by atoms with Crippen molar-refractivity contribution in [2.45, 2.75) is 18.9 Å². The third-order valence-electron chi connectivity index (χ3n) is 4.63. The molecule has 0 saturated carbocycles. The molecule has 1 saturated heterocycles. The summed E-state index contributed by atoms with van der Waals surface area (Å²) in [5.74, 6) is 0.892. The Kier molecular flexibility index (Phi) is 9.22. The summed E-state index contributed by atoms with van der Waals surface area (Å²) in [5.41, 5.74) is 1.26. The molecule has 1 unspecified atom stereocenters. The number of aliphatic imine (C=N–C) groups is 1. The van der Waals surface area contributed by atoms with E-state index in [4.69, 9.17) is 4.74 Å². The lowest BCUT2D eigenvalue weighted by atomic mass is 10.2. The van der Waals surface area contributed by atoms with Crippen molar-refractivity contribution in [1.82, 2.24) is 15.5 Å². The van der Waals surface area contributed by atoms with Gasteiger partial charge in [0.2, 0.25) is 0 Å². The first kappa shape index (κ1) is 21.0. The number of nitrogens with one attached hydrogen (secondary N) is 2. The van der Waals surface area contributed by atoms with Crippen molar-refractivity contribution in [3.8, 4) is 0 Å². The van der Waals surface area contributed by atoms with Crippen LogP contribution in [0.2, 0.25) is 0 Å². The highest BCUT2D eigenvalue weighted by molar-refractivity contribution is 9.10. The topological polar surface area (TPSA) is 52.1 Å². The molecule has 1 fully saturated rings. The molecule has 2 rings (SSSR count). The third-order valence-corrected chi connectivity index (χ3v) is 5.30. The van der Waals surface area contributed by atoms with Crippen molar-refractivity contribution in [3.63, 3.8) is 0 Å². The Morgan fingerprint density at radius 2 is 2.19 bits per heavy atom. The van der Waals surface area contributed by atoms with Crippen molar-refractivity contribution >= 4 is 27.6 Å². The van der Waals surface area contributed by atoms with Crippen molar-refractivity contribution in [1.29, 1.82) is 0 Å². The Hall–Kier alpha value is -1.31. The minimum absolute atomic E-state index is 0.415. The average molecular weight is 426 g/mol. The molecule has 1 aliphatic rings. The number of halogens is 1. The first-order valence-electron chi connectivity index (χ1n) is 9.28. The van der Waals surface area contributed by atoms with Crippen LogP contribution >= 0.6 is 15.9 Å². The summed E-state index contributed by atoms with van der Waals surface area (Å²) < 4.78 is 6.26. The summed E-state index contributed by atoms with van der Waals surface area (Å²) in [6, 6.07) is 8.82. The van der Waals surface area contributed by atoms with Crippen LogP contribution in [0.4, 0.5) is 5.69 Å². The molecule has 1 aromatic rings. The largest absolute Gasteiger partial charge is 0.383 e. The molecule has 146 valence electrons. The van der Waals surface area contributed by atoms with Gasteiger partial charge < -0.3 is 25.2 Å². The molecule has 0 radical (unpaired) electrons. The lowest BCUT2D eigenvalue weighted by Gasteiger charge is -2.21. The molecule has 0 aliphatic carbocycles. The van der Waals surface area contributed by atoms with Crippen molar-refractivity contribution in [2.75, 3.05) is 65.4 Å². The van der Waals surface area contributed by atoms with Crippen LogP contribution in [0.5, 0.6) is 0 Å². The van der Waals surface area contributed by atoms with Gasteiger partial charge in [-0.2, -0.15) is 0 Å². The van der Waals surface area contributed by atoms with E-state index in [2.05, 4.69) is 72.7 Å². The highest BCUT2D eigenvalue weighted by Crippen LogP contribution is 2.28. The molecule has 0 bridgehead atoms. The molecule has 1 aromatic carbocycles. The van der Waals surface area contributed by atoms with E-state index in [0.717, 1.165) is 62.6 Å². The molecule has 26 heavy (non-hydrogen) atoms. The quantitative estimate of drug-likeness (QED) is 0.360. The Labute approximate surface area is 166 Å². The van der Waals surface area contributed by atoms with Gasteiger partial charge in [-0.05, 0) is 54.5 Å². The zero-order chi connectivity index (χ0) is 18.8. The second kappa shape index (κ2) is 11.4. The third kappa shape index (κ3) is 6.78. The second-order valence-electron chi connectivity index (χ2n) is 6.68. The van der Waals surface area contributed by atoms with Gasteiger partial charge in [0, 0.05) is 50.9 Å². The van der Waals surface area contributed by atoms with Crippen molar-refractivity contribution in [3.05, 3.63) is 28.7 Å². The molecule has 1 aliphatic heterocycles. The van der Waals surface area contributed by atoms with Crippen molar-refractivity contribution < 1.29 is 4.74 Å². The van der Waals surface area contributed by atoms with Gasteiger partial charge in [0.15, 0.2) is 5.96 Å². The number of para-hydroxylation sites is 1. The van der Waals surface area contributed by atoms with E-state index in [9.17, 15) is 0 Å². The Morgan fingerprint density at radius 1 is 1.38 bits per heavy atom. The molecule has 1 atom stereocenters. The fourth-order valence-corrected chi connectivity index (χ4v) is 3.64. The van der Waals surface area contributed by atoms with Crippen LogP contribution in [0.1, 0.15) is 12.8 Å². The molecule has 0 amide bonds. The van der Waals surface area contributed by atoms with Crippen LogP contribution in [-0.2, 0) is 4.74 Å². The zero-order valence-corrected chi connectivity index (χ0v) is 17.8. The normalized spacial score (nSPS) is 17.8. The maximum atomic E-state index is 5.10. The summed E-state index contributed by atoms with van der Waals surface area (Å²) in [5, 5.41) is 6.98. The van der Waals surface area contributed by atoms with Gasteiger partial charge in [0.25, 0.3) is 0 Å². The van der Waals surface area contributed by atoms with E-state index in [1.54, 1.807) is 7.11 Å². The van der Waals surface area contributed by atoms with Crippen LogP contribution in [-0.4, -0.2) is 77.4 Å². The van der Waals surface area contributed by atoms with Gasteiger partial charge in [0.1, 0.15) is 0 Å². The van der Waals surface area contributed by atoms with Gasteiger partial charge in [0.05, 0.1) is 12.3 Å². The summed E-state index contributed by atoms with van der Waals surface area (Å²) in [6.07, 6.45) is 2.19. The SMILES string of the molecule is CN=C(NCCCN(C)CCOC)NC1CCN(c2ccccc2Br)C1. The number of rotatable bonds is 9. The van der Waals surface area contributed by atoms with Gasteiger partial charge in [-0.25, -0.2) is 0 Å². The molecule has 2 N–H and O–H groups in total. The maximum absolute atomic E-state index is 5.10. The molecule has 0 spiro atoms. The Balaban J connectivity index is 1.69. The number of methoxy groups -OCH3 is 1. The first-order valence-corrected chi connectivity index (χ1v) is 10.1. The number of anilines is 1. The van der Waals surface area contributed by atoms with E-state index in [1.165, 1.54) is 5.69 Å². The number of hydrogen-bond donors (Lipinski definition) is 2. The summed E-state index contributed by atoms with van der Waals surface area (Å²) in [4.78, 5) is 9.07. The van der Waals surface area contributed by atoms with Crippen LogP contribution in [0.15, 0.2) is 33.7 Å². The summed E-state index contributed by atoms with van der Waals surface area (Å²) >= 11 is 3.65. The van der Waals surface area contributed by atoms with Gasteiger partial charge in [-0.15, -0.1) is 0 Å². The van der Waals surface area contributed by atoms with Gasteiger partial charge >= 0.3 is 0 Å². The van der Waals surface area contributed by atoms with Gasteiger partial charge in [-0.3, -0.25) is 4.99 Å². The maximum Gasteiger partial charge on any atom is 0.191 e. The molecular formula is C19H32BrN5O. The molecule has 0 aromatic heterocycles. The van der Waals surface area contributed by atoms with Crippen LogP contribution < -0.4 is 15.5 Å². The minimum atomic E-state index is 0.415. The van der Waals surface area contributed by atoms with Crippen LogP contribution in [0.25, 0.3) is 0 Å². The van der Waals surface area contributed by atoms with Crippen LogP contribution in [0.3, 0.4) is 0 Å². The minimum Gasteiger partial charge on any atom is -0.383 e.